The summed E-state index contributed by atoms with van der Waals surface area (Å²) in [4.78, 5) is 10.9. The Hall–Kier alpha value is -0.393. The highest BCUT2D eigenvalue weighted by atomic mass is 28.2. The van der Waals surface area contributed by atoms with Crippen LogP contribution < -0.4 is 0 Å². The van der Waals surface area contributed by atoms with Crippen LogP contribution in [0.2, 0.25) is 6.04 Å². The first kappa shape index (κ1) is 14.0. The van der Waals surface area contributed by atoms with Crippen LogP contribution in [0.25, 0.3) is 0 Å². The number of epoxide rings is 1. The second-order valence-electron chi connectivity index (χ2n) is 5.32. The Morgan fingerprint density at radius 1 is 1.44 bits per heavy atom. The second kappa shape index (κ2) is 6.68. The predicted molar refractivity (Wildman–Crippen MR) is 71.2 cm³/mol. The van der Waals surface area contributed by atoms with Crippen molar-refractivity contribution in [3.63, 3.8) is 0 Å². The minimum Gasteiger partial charge on any atom is -0.441 e. The van der Waals surface area contributed by atoms with Gasteiger partial charge in [0.2, 0.25) is 0 Å². The van der Waals surface area contributed by atoms with Crippen LogP contribution >= 0.6 is 0 Å². The number of hydrogen-bond acceptors (Lipinski definition) is 4. The fourth-order valence-corrected chi connectivity index (χ4v) is 4.77. The fourth-order valence-electron chi connectivity index (χ4n) is 2.87. The van der Waals surface area contributed by atoms with Crippen molar-refractivity contribution in [1.82, 2.24) is 0 Å². The van der Waals surface area contributed by atoms with Crippen molar-refractivity contribution in [3.05, 3.63) is 0 Å². The Morgan fingerprint density at radius 2 is 2.28 bits per heavy atom. The van der Waals surface area contributed by atoms with Gasteiger partial charge in [-0.05, 0) is 32.1 Å². The summed E-state index contributed by atoms with van der Waals surface area (Å²) >= 11 is 0. The van der Waals surface area contributed by atoms with Gasteiger partial charge < -0.3 is 14.2 Å². The third-order valence-corrected chi connectivity index (χ3v) is 5.51. The Kier molecular flexibility index (Phi) is 5.21. The van der Waals surface area contributed by atoms with Crippen LogP contribution in [0.4, 0.5) is 0 Å². The lowest BCUT2D eigenvalue weighted by atomic mass is 9.88. The smallest absolute Gasteiger partial charge is 0.304 e. The van der Waals surface area contributed by atoms with Gasteiger partial charge in [0.15, 0.2) is 5.91 Å². The third-order valence-electron chi connectivity index (χ3n) is 3.81. The molecule has 2 rings (SSSR count). The number of hydrogen-bond donors (Lipinski definition) is 0. The Morgan fingerprint density at radius 3 is 2.94 bits per heavy atom. The molecule has 104 valence electrons. The summed E-state index contributed by atoms with van der Waals surface area (Å²) in [5.74, 6) is 0.370. The van der Waals surface area contributed by atoms with Crippen molar-refractivity contribution in [2.24, 2.45) is 5.92 Å². The van der Waals surface area contributed by atoms with E-state index < -0.39 is 9.52 Å². The van der Waals surface area contributed by atoms with Crippen molar-refractivity contribution in [2.75, 3.05) is 6.61 Å². The van der Waals surface area contributed by atoms with Gasteiger partial charge in [-0.15, -0.1) is 0 Å². The number of esters is 1. The van der Waals surface area contributed by atoms with Gasteiger partial charge >= 0.3 is 5.97 Å². The Labute approximate surface area is 111 Å². The van der Waals surface area contributed by atoms with Gasteiger partial charge in [0.05, 0.1) is 12.2 Å². The molecule has 0 aromatic heterocycles. The normalized spacial score (nSPS) is 32.2. The topological polar surface area (TPSA) is 48.1 Å². The van der Waals surface area contributed by atoms with E-state index >= 15 is 0 Å². The summed E-state index contributed by atoms with van der Waals surface area (Å²) in [5, 5.41) is 0. The molecule has 0 N–H and O–H groups in total. The number of carbonyl (C=O) groups excluding carboxylic acids is 1. The molecule has 4 atom stereocenters. The molecule has 4 nitrogen and oxygen atoms in total. The molecule has 1 aliphatic carbocycles. The lowest BCUT2D eigenvalue weighted by molar-refractivity contribution is -0.160. The van der Waals surface area contributed by atoms with Gasteiger partial charge in [0.25, 0.3) is 0 Å². The van der Waals surface area contributed by atoms with Crippen LogP contribution in [0.15, 0.2) is 0 Å². The zero-order valence-electron chi connectivity index (χ0n) is 11.4. The molecule has 1 heterocycles. The fraction of sp³-hybridized carbons (Fsp3) is 0.923. The lowest BCUT2D eigenvalue weighted by Gasteiger charge is -2.20. The zero-order valence-corrected chi connectivity index (χ0v) is 12.8. The Balaban J connectivity index is 1.61. The van der Waals surface area contributed by atoms with Gasteiger partial charge in [0, 0.05) is 13.5 Å². The quantitative estimate of drug-likeness (QED) is 0.304. The van der Waals surface area contributed by atoms with Crippen LogP contribution in [-0.2, 0) is 19.0 Å². The van der Waals surface area contributed by atoms with E-state index in [1.807, 2.05) is 6.92 Å². The van der Waals surface area contributed by atoms with Gasteiger partial charge in [-0.25, -0.2) is 0 Å². The lowest BCUT2D eigenvalue weighted by Crippen LogP contribution is -2.27. The molecule has 18 heavy (non-hydrogen) atoms. The molecule has 0 radical (unpaired) electrons. The van der Waals surface area contributed by atoms with E-state index in [-0.39, 0.29) is 11.9 Å². The summed E-state index contributed by atoms with van der Waals surface area (Å²) < 4.78 is 16.2. The van der Waals surface area contributed by atoms with Gasteiger partial charge in [-0.1, -0.05) is 12.5 Å². The number of rotatable bonds is 7. The molecule has 1 saturated carbocycles. The zero-order chi connectivity index (χ0) is 13.0. The van der Waals surface area contributed by atoms with Crippen molar-refractivity contribution in [3.8, 4) is 0 Å². The van der Waals surface area contributed by atoms with Crippen LogP contribution in [0.1, 0.15) is 39.5 Å². The van der Waals surface area contributed by atoms with E-state index in [4.69, 9.17) is 14.2 Å². The first-order valence-corrected chi connectivity index (χ1v) is 8.95. The first-order valence-electron chi connectivity index (χ1n) is 7.13. The maximum Gasteiger partial charge on any atom is 0.304 e. The molecule has 1 saturated heterocycles. The van der Waals surface area contributed by atoms with Crippen LogP contribution in [0, 0.1) is 5.92 Å². The van der Waals surface area contributed by atoms with Crippen molar-refractivity contribution < 1.29 is 19.0 Å². The van der Waals surface area contributed by atoms with Gasteiger partial charge in [-0.2, -0.15) is 0 Å². The largest absolute Gasteiger partial charge is 0.441 e. The van der Waals surface area contributed by atoms with E-state index in [1.54, 1.807) is 0 Å². The summed E-state index contributed by atoms with van der Waals surface area (Å²) in [5.41, 5.74) is 0. The highest BCUT2D eigenvalue weighted by Gasteiger charge is 2.43. The summed E-state index contributed by atoms with van der Waals surface area (Å²) in [6.45, 7) is 4.01. The molecular formula is C13H24O4Si. The maximum atomic E-state index is 10.9. The molecule has 2 aliphatic rings. The highest BCUT2D eigenvalue weighted by Crippen LogP contribution is 2.40. The summed E-state index contributed by atoms with van der Waals surface area (Å²) in [6, 6.07) is 1.19. The standard InChI is InChI=1S/C13H24O4Si/c1-3-15-13(16-9(2)14)18-7-6-10-4-5-11-12(8-10)17-11/h10-13H,3-8,18H2,1-2H3. The summed E-state index contributed by atoms with van der Waals surface area (Å²) in [7, 11) is -0.483. The average Bonchev–Trinajstić information content (AvgIpc) is 3.06. The molecule has 0 amide bonds. The minimum absolute atomic E-state index is 0.221. The predicted octanol–water partition coefficient (Wildman–Crippen LogP) is 1.41. The average molecular weight is 272 g/mol. The van der Waals surface area contributed by atoms with Crippen LogP contribution in [-0.4, -0.2) is 40.2 Å². The van der Waals surface area contributed by atoms with Crippen LogP contribution in [0.3, 0.4) is 0 Å². The number of fused-ring (bicyclic) bond motifs is 1. The molecule has 0 aromatic rings. The number of ether oxygens (including phenoxy) is 3. The van der Waals surface area contributed by atoms with E-state index in [9.17, 15) is 4.79 Å². The molecule has 0 bridgehead atoms. The van der Waals surface area contributed by atoms with E-state index in [0.29, 0.717) is 18.8 Å². The number of carbonyl (C=O) groups is 1. The minimum atomic E-state index is -0.483. The third kappa shape index (κ3) is 4.37. The van der Waals surface area contributed by atoms with Crippen LogP contribution in [0.5, 0.6) is 0 Å². The van der Waals surface area contributed by atoms with Crippen molar-refractivity contribution >= 4 is 15.5 Å². The highest BCUT2D eigenvalue weighted by molar-refractivity contribution is 6.36. The van der Waals surface area contributed by atoms with Crippen molar-refractivity contribution in [2.45, 2.75) is 63.7 Å². The van der Waals surface area contributed by atoms with Gasteiger partial charge in [0.1, 0.15) is 9.52 Å². The molecule has 4 unspecified atom stereocenters. The molecule has 2 fully saturated rings. The molecular weight excluding hydrogens is 248 g/mol. The maximum absolute atomic E-state index is 10.9. The summed E-state index contributed by atoms with van der Waals surface area (Å²) in [6.07, 6.45) is 6.21. The van der Waals surface area contributed by atoms with Gasteiger partial charge in [-0.3, -0.25) is 4.79 Å². The molecule has 5 heteroatoms. The first-order chi connectivity index (χ1) is 8.69. The molecule has 1 aliphatic heterocycles. The second-order valence-corrected chi connectivity index (χ2v) is 7.27. The SMILES string of the molecule is CCOC(OC(C)=O)[SiH2]CCC1CCC2OC2C1. The van der Waals surface area contributed by atoms with Crippen molar-refractivity contribution in [1.29, 1.82) is 0 Å². The van der Waals surface area contributed by atoms with E-state index in [1.165, 1.54) is 38.7 Å². The van der Waals surface area contributed by atoms with E-state index in [0.717, 1.165) is 5.92 Å². The van der Waals surface area contributed by atoms with E-state index in [2.05, 4.69) is 0 Å². The molecule has 0 spiro atoms. The molecule has 0 aromatic carbocycles. The monoisotopic (exact) mass is 272 g/mol. The Bertz CT molecular complexity index is 284.